The summed E-state index contributed by atoms with van der Waals surface area (Å²) in [6, 6.07) is 0. The number of rotatable bonds is 15. The fourth-order valence-corrected chi connectivity index (χ4v) is 3.46. The molecule has 0 rings (SSSR count). The van der Waals surface area contributed by atoms with Gasteiger partial charge in [0.15, 0.2) is 0 Å². The van der Waals surface area contributed by atoms with Gasteiger partial charge in [-0.05, 0) is 63.2 Å². The Morgan fingerprint density at radius 3 is 2.24 bits per heavy atom. The fraction of sp³-hybridized carbons (Fsp3) is 0.571. The minimum atomic E-state index is 0.417. The lowest BCUT2D eigenvalue weighted by atomic mass is 9.97. The van der Waals surface area contributed by atoms with Gasteiger partial charge in [-0.15, -0.1) is 6.42 Å². The highest BCUT2D eigenvalue weighted by Crippen LogP contribution is 2.22. The third-order valence-electron chi connectivity index (χ3n) is 5.13. The molecule has 0 nitrogen and oxygen atoms in total. The van der Waals surface area contributed by atoms with E-state index >= 15 is 0 Å². The molecule has 0 aliphatic heterocycles. The highest BCUT2D eigenvalue weighted by Gasteiger charge is 2.03. The van der Waals surface area contributed by atoms with E-state index in [0.29, 0.717) is 4.83 Å². The van der Waals surface area contributed by atoms with Crippen molar-refractivity contribution in [2.75, 3.05) is 0 Å². The van der Waals surface area contributed by atoms with Crippen molar-refractivity contribution in [1.29, 1.82) is 0 Å². The van der Waals surface area contributed by atoms with Crippen LogP contribution in [0.5, 0.6) is 0 Å². The van der Waals surface area contributed by atoms with Crippen LogP contribution in [0.2, 0.25) is 0 Å². The molecular weight excluding hydrogens is 416 g/mol. The number of unbranched alkanes of at least 4 members (excludes halogenated alkanes) is 5. The number of alkyl halides is 1. The Hall–Kier alpha value is -1.26. The topological polar surface area (TPSA) is 0 Å². The van der Waals surface area contributed by atoms with Gasteiger partial charge in [0, 0.05) is 4.83 Å². The third kappa shape index (κ3) is 16.2. The van der Waals surface area contributed by atoms with Gasteiger partial charge in [0.2, 0.25) is 0 Å². The van der Waals surface area contributed by atoms with Crippen molar-refractivity contribution in [1.82, 2.24) is 0 Å². The minimum Gasteiger partial charge on any atom is -0.115 e. The van der Waals surface area contributed by atoms with Gasteiger partial charge < -0.3 is 0 Å². The summed E-state index contributed by atoms with van der Waals surface area (Å²) in [6.45, 7) is 11.0. The van der Waals surface area contributed by atoms with E-state index in [1.54, 1.807) is 0 Å². The molecule has 0 radical (unpaired) electrons. The van der Waals surface area contributed by atoms with Gasteiger partial charge in [-0.2, -0.15) is 0 Å². The summed E-state index contributed by atoms with van der Waals surface area (Å²) in [7, 11) is 0. The fourth-order valence-electron chi connectivity index (χ4n) is 3.09. The van der Waals surface area contributed by atoms with E-state index in [1.165, 1.54) is 67.2 Å². The van der Waals surface area contributed by atoms with Gasteiger partial charge in [-0.3, -0.25) is 0 Å². The van der Waals surface area contributed by atoms with Crippen molar-refractivity contribution < 1.29 is 0 Å². The maximum absolute atomic E-state index is 5.52. The van der Waals surface area contributed by atoms with Gasteiger partial charge in [0.1, 0.15) is 0 Å². The Morgan fingerprint density at radius 2 is 1.66 bits per heavy atom. The maximum Gasteiger partial charge on any atom is 0.0158 e. The third-order valence-corrected chi connectivity index (χ3v) is 5.45. The average molecular weight is 460 g/mol. The van der Waals surface area contributed by atoms with E-state index in [9.17, 15) is 0 Å². The maximum atomic E-state index is 5.52. The molecule has 162 valence electrons. The van der Waals surface area contributed by atoms with Crippen LogP contribution in [0.4, 0.5) is 0 Å². The molecule has 0 amide bonds. The zero-order chi connectivity index (χ0) is 21.9. The summed E-state index contributed by atoms with van der Waals surface area (Å²) in [5.74, 6) is 2.68. The Bertz CT molecular complexity index is 617. The number of halogens is 1. The highest BCUT2D eigenvalue weighted by molar-refractivity contribution is 9.09. The van der Waals surface area contributed by atoms with Gasteiger partial charge in [-0.1, -0.05) is 116 Å². The van der Waals surface area contributed by atoms with Crippen molar-refractivity contribution in [2.45, 2.75) is 104 Å². The smallest absolute Gasteiger partial charge is 0.0158 e. The van der Waals surface area contributed by atoms with E-state index in [0.717, 1.165) is 19.3 Å². The lowest BCUT2D eigenvalue weighted by Crippen LogP contribution is -1.92. The van der Waals surface area contributed by atoms with Crippen LogP contribution in [-0.4, -0.2) is 4.83 Å². The molecule has 1 atom stereocenters. The molecule has 0 aromatic carbocycles. The number of terminal acetylenes is 1. The van der Waals surface area contributed by atoms with Crippen molar-refractivity contribution in [3.8, 4) is 12.3 Å². The zero-order valence-electron chi connectivity index (χ0n) is 19.6. The molecule has 0 aromatic heterocycles. The van der Waals surface area contributed by atoms with Crippen molar-refractivity contribution in [3.05, 3.63) is 58.7 Å². The number of allylic oxidation sites excluding steroid dienone is 10. The second-order valence-electron chi connectivity index (χ2n) is 7.95. The number of hydrogen-bond acceptors (Lipinski definition) is 0. The second-order valence-corrected chi connectivity index (χ2v) is 9.52. The predicted octanol–water partition coefficient (Wildman–Crippen LogP) is 9.65. The molecule has 0 fully saturated rings. The molecule has 0 aromatic rings. The van der Waals surface area contributed by atoms with Crippen LogP contribution in [0.25, 0.3) is 0 Å². The standard InChI is InChI=1S/C28H43Br/c1-7-11-12-13-14-15-17-26(10-4)23-28(19-18-24(5)9-3)21-20-27(16-8-2)22-25(6)29/h2,10,16,18-21,25H,7,9,11-15,17,22-23H2,1,3-6H3/b21-20+,24-18+,26-10-,27-16+,28-19+. The lowest BCUT2D eigenvalue weighted by Gasteiger charge is -2.09. The largest absolute Gasteiger partial charge is 0.115 e. The quantitative estimate of drug-likeness (QED) is 0.0752. The lowest BCUT2D eigenvalue weighted by molar-refractivity contribution is 0.604. The summed E-state index contributed by atoms with van der Waals surface area (Å²) >= 11 is 3.64. The molecule has 1 unspecified atom stereocenters. The van der Waals surface area contributed by atoms with Crippen molar-refractivity contribution in [3.63, 3.8) is 0 Å². The summed E-state index contributed by atoms with van der Waals surface area (Å²) < 4.78 is 0. The molecule has 0 saturated carbocycles. The minimum absolute atomic E-state index is 0.417. The summed E-state index contributed by atoms with van der Waals surface area (Å²) in [5, 5.41) is 0. The first kappa shape index (κ1) is 27.7. The predicted molar refractivity (Wildman–Crippen MR) is 138 cm³/mol. The Labute approximate surface area is 190 Å². The average Bonchev–Trinajstić information content (AvgIpc) is 2.70. The highest BCUT2D eigenvalue weighted by atomic mass is 79.9. The molecule has 0 saturated heterocycles. The Morgan fingerprint density at radius 1 is 1.00 bits per heavy atom. The molecule has 0 N–H and O–H groups in total. The Balaban J connectivity index is 5.14. The van der Waals surface area contributed by atoms with Crippen LogP contribution in [-0.2, 0) is 0 Å². The van der Waals surface area contributed by atoms with Crippen LogP contribution >= 0.6 is 15.9 Å². The van der Waals surface area contributed by atoms with Crippen molar-refractivity contribution in [2.24, 2.45) is 0 Å². The van der Waals surface area contributed by atoms with Crippen LogP contribution in [0.3, 0.4) is 0 Å². The van der Waals surface area contributed by atoms with Gasteiger partial charge >= 0.3 is 0 Å². The van der Waals surface area contributed by atoms with Gasteiger partial charge in [0.25, 0.3) is 0 Å². The van der Waals surface area contributed by atoms with E-state index in [4.69, 9.17) is 6.42 Å². The second kappa shape index (κ2) is 18.7. The van der Waals surface area contributed by atoms with Gasteiger partial charge in [-0.25, -0.2) is 0 Å². The van der Waals surface area contributed by atoms with E-state index in [2.05, 4.69) is 86.8 Å². The molecule has 0 bridgehead atoms. The van der Waals surface area contributed by atoms with Crippen LogP contribution in [0.1, 0.15) is 98.8 Å². The molecular formula is C28H43Br. The van der Waals surface area contributed by atoms with Crippen molar-refractivity contribution >= 4 is 15.9 Å². The summed E-state index contributed by atoms with van der Waals surface area (Å²) in [6.07, 6.45) is 31.0. The first-order chi connectivity index (χ1) is 14.0. The molecule has 29 heavy (non-hydrogen) atoms. The summed E-state index contributed by atoms with van der Waals surface area (Å²) in [4.78, 5) is 0.417. The number of hydrogen-bond donors (Lipinski definition) is 0. The first-order valence-corrected chi connectivity index (χ1v) is 12.4. The van der Waals surface area contributed by atoms with Crippen LogP contribution < -0.4 is 0 Å². The SMILES string of the molecule is C#C\C=C(/C=C/C(=C\C=C(/C)CC)C/C(=C\C)CCCCCCCC)CC(C)Br. The Kier molecular flexibility index (Phi) is 17.9. The van der Waals surface area contributed by atoms with E-state index in [-0.39, 0.29) is 0 Å². The molecule has 0 spiro atoms. The monoisotopic (exact) mass is 458 g/mol. The summed E-state index contributed by atoms with van der Waals surface area (Å²) in [5.41, 5.74) is 5.48. The van der Waals surface area contributed by atoms with Gasteiger partial charge in [0.05, 0.1) is 0 Å². The zero-order valence-corrected chi connectivity index (χ0v) is 21.2. The van der Waals surface area contributed by atoms with E-state index < -0.39 is 0 Å². The first-order valence-electron chi connectivity index (χ1n) is 11.4. The molecule has 0 aliphatic rings. The van der Waals surface area contributed by atoms with Crippen LogP contribution in [0.15, 0.2) is 58.7 Å². The molecule has 1 heteroatoms. The van der Waals surface area contributed by atoms with Crippen LogP contribution in [0, 0.1) is 12.3 Å². The normalized spacial score (nSPS) is 15.1. The molecule has 0 heterocycles. The molecule has 0 aliphatic carbocycles. The van der Waals surface area contributed by atoms with E-state index in [1.807, 2.05) is 6.08 Å².